The molecule has 0 fully saturated rings. The number of hydrogen-bond acceptors (Lipinski definition) is 6. The number of nitrogens with one attached hydrogen (secondary N) is 1. The first-order chi connectivity index (χ1) is 10.7. The van der Waals surface area contributed by atoms with Crippen molar-refractivity contribution in [3.05, 3.63) is 36.2 Å². The fourth-order valence-electron chi connectivity index (χ4n) is 2.42. The number of aromatic nitrogens is 2. The van der Waals surface area contributed by atoms with Crippen LogP contribution in [0.2, 0.25) is 0 Å². The molecule has 0 aliphatic rings. The fourth-order valence-corrected chi connectivity index (χ4v) is 4.86. The number of likely N-dealkylation sites (N-methyl/N-ethyl adjacent to an activating group) is 1. The number of thiophene rings is 2. The number of fused-ring (bicyclic) bond motifs is 3. The average Bonchev–Trinajstić information content (AvgIpc) is 3.20. The highest BCUT2D eigenvalue weighted by Gasteiger charge is 2.16. The Hall–Kier alpha value is -1.47. The van der Waals surface area contributed by atoms with Crippen LogP contribution in [0.15, 0.2) is 34.9 Å². The van der Waals surface area contributed by atoms with Crippen LogP contribution in [-0.4, -0.2) is 23.2 Å². The maximum Gasteiger partial charge on any atom is 0.268 e. The number of nitrogens with zero attached hydrogens (tertiary/aromatic N) is 2. The summed E-state index contributed by atoms with van der Waals surface area (Å²) in [6.45, 7) is 2.10. The average molecular weight is 366 g/mol. The first-order valence-electron chi connectivity index (χ1n) is 7.16. The second-order valence-electron chi connectivity index (χ2n) is 5.31. The third-order valence-electron chi connectivity index (χ3n) is 3.71. The van der Waals surface area contributed by atoms with Gasteiger partial charge >= 0.3 is 0 Å². The molecule has 0 radical (unpaired) electrons. The summed E-state index contributed by atoms with van der Waals surface area (Å²) in [5.41, 5.74) is 0. The van der Waals surface area contributed by atoms with Gasteiger partial charge in [-0.2, -0.15) is 4.98 Å². The molecule has 0 spiro atoms. The topological polar surface area (TPSA) is 51.0 Å². The Morgan fingerprint density at radius 2 is 2.04 bits per heavy atom. The molecule has 0 bridgehead atoms. The smallest absolute Gasteiger partial charge is 0.268 e. The van der Waals surface area contributed by atoms with Crippen LogP contribution in [0.4, 0.5) is 0 Å². The van der Waals surface area contributed by atoms with E-state index in [0.29, 0.717) is 11.9 Å². The second-order valence-corrected chi connectivity index (χ2v) is 7.45. The summed E-state index contributed by atoms with van der Waals surface area (Å²) in [6.07, 6.45) is 0.767. The van der Waals surface area contributed by atoms with E-state index < -0.39 is 0 Å². The SMILES string of the molecule is CNC(C)Cc1noc(-c2cc3sc4ccccc4c3s2)n1.Cl. The molecule has 3 aromatic heterocycles. The van der Waals surface area contributed by atoms with Crippen LogP contribution in [-0.2, 0) is 6.42 Å². The Morgan fingerprint density at radius 1 is 1.22 bits per heavy atom. The van der Waals surface area contributed by atoms with Crippen molar-refractivity contribution in [3.8, 4) is 10.8 Å². The third kappa shape index (κ3) is 2.99. The van der Waals surface area contributed by atoms with E-state index in [1.807, 2.05) is 18.4 Å². The molecule has 1 unspecified atom stereocenters. The van der Waals surface area contributed by atoms with Crippen LogP contribution in [0.5, 0.6) is 0 Å². The molecule has 3 heterocycles. The Morgan fingerprint density at radius 3 is 2.87 bits per heavy atom. The van der Waals surface area contributed by atoms with Gasteiger partial charge in [0.2, 0.25) is 0 Å². The van der Waals surface area contributed by atoms with Gasteiger partial charge in [-0.25, -0.2) is 0 Å². The Balaban J connectivity index is 0.00000156. The van der Waals surface area contributed by atoms with Crippen LogP contribution in [0, 0.1) is 0 Å². The van der Waals surface area contributed by atoms with Crippen molar-refractivity contribution in [2.24, 2.45) is 0 Å². The van der Waals surface area contributed by atoms with Crippen molar-refractivity contribution in [1.29, 1.82) is 0 Å². The normalized spacial score (nSPS) is 12.6. The van der Waals surface area contributed by atoms with E-state index in [9.17, 15) is 0 Å². The lowest BCUT2D eigenvalue weighted by Gasteiger charge is -2.04. The third-order valence-corrected chi connectivity index (χ3v) is 6.11. The Kier molecular flexibility index (Phi) is 4.68. The largest absolute Gasteiger partial charge is 0.333 e. The zero-order valence-electron chi connectivity index (χ0n) is 12.7. The molecule has 0 amide bonds. The zero-order valence-corrected chi connectivity index (χ0v) is 15.1. The van der Waals surface area contributed by atoms with Crippen molar-refractivity contribution in [2.45, 2.75) is 19.4 Å². The molecule has 1 atom stereocenters. The zero-order chi connectivity index (χ0) is 15.1. The summed E-state index contributed by atoms with van der Waals surface area (Å²) < 4.78 is 9.34. The first kappa shape index (κ1) is 16.4. The molecule has 0 saturated heterocycles. The summed E-state index contributed by atoms with van der Waals surface area (Å²) in [4.78, 5) is 5.56. The predicted molar refractivity (Wildman–Crippen MR) is 100.0 cm³/mol. The number of benzene rings is 1. The number of hydrogen-bond donors (Lipinski definition) is 1. The summed E-state index contributed by atoms with van der Waals surface area (Å²) >= 11 is 3.53. The van der Waals surface area contributed by atoms with E-state index in [4.69, 9.17) is 4.52 Å². The number of halogens is 1. The molecule has 0 saturated carbocycles. The minimum Gasteiger partial charge on any atom is -0.333 e. The van der Waals surface area contributed by atoms with Gasteiger partial charge in [0.05, 0.1) is 9.58 Å². The summed E-state index contributed by atoms with van der Waals surface area (Å²) in [5, 5.41) is 8.57. The molecule has 23 heavy (non-hydrogen) atoms. The van der Waals surface area contributed by atoms with E-state index in [1.54, 1.807) is 11.3 Å². The lowest BCUT2D eigenvalue weighted by atomic mass is 10.2. The van der Waals surface area contributed by atoms with E-state index in [-0.39, 0.29) is 12.4 Å². The van der Waals surface area contributed by atoms with E-state index in [1.165, 1.54) is 19.5 Å². The molecule has 4 nitrogen and oxygen atoms in total. The lowest BCUT2D eigenvalue weighted by molar-refractivity contribution is 0.419. The first-order valence-corrected chi connectivity index (χ1v) is 8.79. The Labute approximate surface area is 147 Å². The van der Waals surface area contributed by atoms with E-state index in [2.05, 4.69) is 52.7 Å². The van der Waals surface area contributed by atoms with Crippen molar-refractivity contribution < 1.29 is 4.52 Å². The van der Waals surface area contributed by atoms with Gasteiger partial charge in [0.25, 0.3) is 5.89 Å². The highest BCUT2D eigenvalue weighted by Crippen LogP contribution is 2.42. The maximum absolute atomic E-state index is 5.43. The molecule has 7 heteroatoms. The second kappa shape index (κ2) is 6.57. The van der Waals surface area contributed by atoms with Crippen LogP contribution < -0.4 is 5.32 Å². The highest BCUT2D eigenvalue weighted by molar-refractivity contribution is 7.33. The van der Waals surface area contributed by atoms with E-state index >= 15 is 0 Å². The molecule has 120 valence electrons. The highest BCUT2D eigenvalue weighted by atomic mass is 35.5. The van der Waals surface area contributed by atoms with Gasteiger partial charge in [-0.15, -0.1) is 35.1 Å². The van der Waals surface area contributed by atoms with Gasteiger partial charge in [0, 0.05) is 27.2 Å². The molecule has 1 aromatic carbocycles. The fraction of sp³-hybridized carbons (Fsp3) is 0.250. The maximum atomic E-state index is 5.43. The molecule has 4 rings (SSSR count). The van der Waals surface area contributed by atoms with Crippen molar-refractivity contribution >= 4 is 54.6 Å². The van der Waals surface area contributed by atoms with Gasteiger partial charge in [0.15, 0.2) is 5.82 Å². The van der Waals surface area contributed by atoms with Crippen molar-refractivity contribution in [1.82, 2.24) is 15.5 Å². The van der Waals surface area contributed by atoms with Gasteiger partial charge < -0.3 is 9.84 Å². The minimum absolute atomic E-state index is 0. The van der Waals surface area contributed by atoms with Crippen molar-refractivity contribution in [2.75, 3.05) is 7.05 Å². The standard InChI is InChI=1S/C16H15N3OS2.ClH/c1-9(17-2)7-14-18-16(20-19-14)13-8-12-15(22-13)10-5-3-4-6-11(10)21-12;/h3-6,8-9,17H,7H2,1-2H3;1H. The van der Waals surface area contributed by atoms with Crippen LogP contribution >= 0.6 is 35.1 Å². The predicted octanol–water partition coefficient (Wildman–Crippen LogP) is 4.74. The lowest BCUT2D eigenvalue weighted by Crippen LogP contribution is -2.24. The van der Waals surface area contributed by atoms with Gasteiger partial charge in [0.1, 0.15) is 0 Å². The van der Waals surface area contributed by atoms with E-state index in [0.717, 1.165) is 17.1 Å². The molecular weight excluding hydrogens is 350 g/mol. The van der Waals surface area contributed by atoms with Crippen LogP contribution in [0.3, 0.4) is 0 Å². The van der Waals surface area contributed by atoms with Gasteiger partial charge in [-0.1, -0.05) is 23.4 Å². The van der Waals surface area contributed by atoms with Gasteiger partial charge in [-0.05, 0) is 26.1 Å². The summed E-state index contributed by atoms with van der Waals surface area (Å²) in [7, 11) is 1.93. The summed E-state index contributed by atoms with van der Waals surface area (Å²) in [5.74, 6) is 1.37. The molecule has 1 N–H and O–H groups in total. The molecule has 4 aromatic rings. The number of rotatable bonds is 4. The summed E-state index contributed by atoms with van der Waals surface area (Å²) in [6, 6.07) is 11.0. The molecular formula is C16H16ClN3OS2. The quantitative estimate of drug-likeness (QED) is 0.567. The van der Waals surface area contributed by atoms with Crippen LogP contribution in [0.25, 0.3) is 30.3 Å². The van der Waals surface area contributed by atoms with Crippen LogP contribution in [0.1, 0.15) is 12.7 Å². The Bertz CT molecular complexity index is 943. The molecule has 0 aliphatic heterocycles. The minimum atomic E-state index is 0. The molecule has 0 aliphatic carbocycles. The monoisotopic (exact) mass is 365 g/mol. The van der Waals surface area contributed by atoms with Crippen molar-refractivity contribution in [3.63, 3.8) is 0 Å². The van der Waals surface area contributed by atoms with Gasteiger partial charge in [-0.3, -0.25) is 0 Å².